The van der Waals surface area contributed by atoms with Gasteiger partial charge in [0.25, 0.3) is 5.91 Å². The highest BCUT2D eigenvalue weighted by Gasteiger charge is 2.18. The number of ether oxygens (including phenoxy) is 2. The van der Waals surface area contributed by atoms with Gasteiger partial charge in [-0.1, -0.05) is 23.7 Å². The molecular weight excluding hydrogens is 438 g/mol. The van der Waals surface area contributed by atoms with Gasteiger partial charge in [-0.15, -0.1) is 11.3 Å². The Morgan fingerprint density at radius 3 is 2.45 bits per heavy atom. The molecule has 2 amide bonds. The molecule has 0 aliphatic heterocycles. The molecule has 0 bridgehead atoms. The number of methoxy groups -OCH3 is 1. The summed E-state index contributed by atoms with van der Waals surface area (Å²) in [5, 5.41) is 8.08. The summed E-state index contributed by atoms with van der Waals surface area (Å²) in [6, 6.07) is 10.4. The van der Waals surface area contributed by atoms with Gasteiger partial charge < -0.3 is 14.8 Å². The minimum atomic E-state index is -0.363. The van der Waals surface area contributed by atoms with Crippen LogP contribution in [-0.4, -0.2) is 30.0 Å². The number of rotatable bonds is 7. The summed E-state index contributed by atoms with van der Waals surface area (Å²) in [5.41, 5.74) is 2.61. The second-order valence-electron chi connectivity index (χ2n) is 6.91. The minimum absolute atomic E-state index is 0.0906. The Morgan fingerprint density at radius 1 is 1.13 bits per heavy atom. The SMILES string of the molecule is COc1cc(C(=O)Nc2nc(-c3ccc(NC(C)=O)cc3)cs2)cc(Cl)c1OC(C)C. The molecule has 31 heavy (non-hydrogen) atoms. The summed E-state index contributed by atoms with van der Waals surface area (Å²) >= 11 is 7.61. The molecular formula is C22H22ClN3O4S. The van der Waals surface area contributed by atoms with Gasteiger partial charge in [-0.3, -0.25) is 14.9 Å². The molecule has 3 aromatic rings. The molecule has 2 aromatic carbocycles. The van der Waals surface area contributed by atoms with E-state index in [-0.39, 0.29) is 22.9 Å². The van der Waals surface area contributed by atoms with Crippen molar-refractivity contribution in [2.75, 3.05) is 17.7 Å². The third kappa shape index (κ3) is 5.74. The first kappa shape index (κ1) is 22.6. The summed E-state index contributed by atoms with van der Waals surface area (Å²) in [6.07, 6.45) is -0.0906. The van der Waals surface area contributed by atoms with Crippen LogP contribution in [0.3, 0.4) is 0 Å². The maximum Gasteiger partial charge on any atom is 0.257 e. The van der Waals surface area contributed by atoms with E-state index in [1.54, 1.807) is 18.2 Å². The Kier molecular flexibility index (Phi) is 7.14. The number of benzene rings is 2. The van der Waals surface area contributed by atoms with Crippen molar-refractivity contribution in [3.8, 4) is 22.8 Å². The lowest BCUT2D eigenvalue weighted by atomic mass is 10.1. The number of anilines is 2. The van der Waals surface area contributed by atoms with E-state index in [2.05, 4.69) is 15.6 Å². The maximum absolute atomic E-state index is 12.7. The van der Waals surface area contributed by atoms with Crippen molar-refractivity contribution in [3.63, 3.8) is 0 Å². The number of halogens is 1. The molecule has 7 nitrogen and oxygen atoms in total. The lowest BCUT2D eigenvalue weighted by molar-refractivity contribution is -0.114. The largest absolute Gasteiger partial charge is 0.493 e. The van der Waals surface area contributed by atoms with Crippen LogP contribution in [0.5, 0.6) is 11.5 Å². The average Bonchev–Trinajstić information content (AvgIpc) is 3.17. The predicted octanol–water partition coefficient (Wildman–Crippen LogP) is 5.47. The fourth-order valence-electron chi connectivity index (χ4n) is 2.76. The number of carbonyl (C=O) groups is 2. The van der Waals surface area contributed by atoms with Crippen LogP contribution in [0.25, 0.3) is 11.3 Å². The van der Waals surface area contributed by atoms with Gasteiger partial charge in [0.1, 0.15) is 0 Å². The summed E-state index contributed by atoms with van der Waals surface area (Å²) in [4.78, 5) is 28.3. The van der Waals surface area contributed by atoms with Gasteiger partial charge in [0.2, 0.25) is 5.91 Å². The van der Waals surface area contributed by atoms with Crippen molar-refractivity contribution < 1.29 is 19.1 Å². The number of hydrogen-bond acceptors (Lipinski definition) is 6. The monoisotopic (exact) mass is 459 g/mol. The number of aromatic nitrogens is 1. The highest BCUT2D eigenvalue weighted by molar-refractivity contribution is 7.14. The molecule has 0 radical (unpaired) electrons. The van der Waals surface area contributed by atoms with E-state index in [0.29, 0.717) is 33.6 Å². The third-order valence-electron chi connectivity index (χ3n) is 4.07. The van der Waals surface area contributed by atoms with E-state index in [9.17, 15) is 9.59 Å². The van der Waals surface area contributed by atoms with E-state index >= 15 is 0 Å². The molecule has 3 rings (SSSR count). The van der Waals surface area contributed by atoms with Gasteiger partial charge in [0.15, 0.2) is 16.6 Å². The van der Waals surface area contributed by atoms with E-state index in [1.807, 2.05) is 31.4 Å². The van der Waals surface area contributed by atoms with Crippen LogP contribution in [0.1, 0.15) is 31.1 Å². The number of nitrogens with one attached hydrogen (secondary N) is 2. The van der Waals surface area contributed by atoms with Crippen molar-refractivity contribution >= 4 is 45.6 Å². The van der Waals surface area contributed by atoms with Crippen molar-refractivity contribution in [2.45, 2.75) is 26.9 Å². The molecule has 1 heterocycles. The Labute approximate surface area is 189 Å². The molecule has 0 aliphatic carbocycles. The molecule has 9 heteroatoms. The molecule has 2 N–H and O–H groups in total. The van der Waals surface area contributed by atoms with Crippen LogP contribution in [0.4, 0.5) is 10.8 Å². The smallest absolute Gasteiger partial charge is 0.257 e. The first-order valence-electron chi connectivity index (χ1n) is 9.46. The topological polar surface area (TPSA) is 89.5 Å². The maximum atomic E-state index is 12.7. The highest BCUT2D eigenvalue weighted by Crippen LogP contribution is 2.37. The molecule has 1 aromatic heterocycles. The van der Waals surface area contributed by atoms with Gasteiger partial charge in [0.05, 0.1) is 23.9 Å². The third-order valence-corrected chi connectivity index (χ3v) is 5.11. The van der Waals surface area contributed by atoms with Crippen LogP contribution in [0, 0.1) is 0 Å². The zero-order valence-corrected chi connectivity index (χ0v) is 19.1. The fraction of sp³-hybridized carbons (Fsp3) is 0.227. The Hall–Kier alpha value is -3.10. The van der Waals surface area contributed by atoms with Crippen molar-refractivity contribution in [3.05, 3.63) is 52.4 Å². The summed E-state index contributed by atoms with van der Waals surface area (Å²) in [5.74, 6) is 0.283. The molecule has 0 spiro atoms. The van der Waals surface area contributed by atoms with Gasteiger partial charge in [-0.2, -0.15) is 0 Å². The molecule has 0 aliphatic rings. The van der Waals surface area contributed by atoms with Gasteiger partial charge in [-0.05, 0) is 38.1 Å². The van der Waals surface area contributed by atoms with Gasteiger partial charge in [-0.25, -0.2) is 4.98 Å². The quantitative estimate of drug-likeness (QED) is 0.489. The van der Waals surface area contributed by atoms with E-state index in [0.717, 1.165) is 5.56 Å². The number of hydrogen-bond donors (Lipinski definition) is 2. The Morgan fingerprint density at radius 2 is 1.84 bits per heavy atom. The van der Waals surface area contributed by atoms with Crippen LogP contribution >= 0.6 is 22.9 Å². The summed E-state index contributed by atoms with van der Waals surface area (Å²) in [6.45, 7) is 5.21. The van der Waals surface area contributed by atoms with Crippen molar-refractivity contribution in [2.24, 2.45) is 0 Å². The molecule has 0 fully saturated rings. The lowest BCUT2D eigenvalue weighted by Gasteiger charge is -2.16. The minimum Gasteiger partial charge on any atom is -0.493 e. The Bertz CT molecular complexity index is 1100. The van der Waals surface area contributed by atoms with Crippen LogP contribution < -0.4 is 20.1 Å². The molecule has 0 saturated carbocycles. The highest BCUT2D eigenvalue weighted by atomic mass is 35.5. The summed E-state index contributed by atoms with van der Waals surface area (Å²) < 4.78 is 11.0. The van der Waals surface area contributed by atoms with Gasteiger partial charge >= 0.3 is 0 Å². The summed E-state index contributed by atoms with van der Waals surface area (Å²) in [7, 11) is 1.49. The Balaban J connectivity index is 1.75. The molecule has 162 valence electrons. The van der Waals surface area contributed by atoms with Crippen LogP contribution in [-0.2, 0) is 4.79 Å². The first-order valence-corrected chi connectivity index (χ1v) is 10.7. The number of amides is 2. The number of carbonyl (C=O) groups excluding carboxylic acids is 2. The standard InChI is InChI=1S/C22H22ClN3O4S/c1-12(2)30-20-17(23)9-15(10-19(20)29-4)21(28)26-22-25-18(11-31-22)14-5-7-16(8-6-14)24-13(3)27/h5-12H,1-4H3,(H,24,27)(H,25,26,28). The number of nitrogens with zero attached hydrogens (tertiary/aromatic N) is 1. The second-order valence-corrected chi connectivity index (χ2v) is 8.17. The van der Waals surface area contributed by atoms with Crippen molar-refractivity contribution in [1.29, 1.82) is 0 Å². The van der Waals surface area contributed by atoms with E-state index in [1.165, 1.54) is 31.4 Å². The zero-order valence-electron chi connectivity index (χ0n) is 17.5. The fourth-order valence-corrected chi connectivity index (χ4v) is 3.73. The number of thiazole rings is 1. The van der Waals surface area contributed by atoms with Crippen molar-refractivity contribution in [1.82, 2.24) is 4.98 Å². The molecule has 0 atom stereocenters. The van der Waals surface area contributed by atoms with Crippen LogP contribution in [0.2, 0.25) is 5.02 Å². The normalized spacial score (nSPS) is 10.6. The zero-order chi connectivity index (χ0) is 22.5. The van der Waals surface area contributed by atoms with Gasteiger partial charge in [0, 0.05) is 29.1 Å². The predicted molar refractivity (Wildman–Crippen MR) is 124 cm³/mol. The molecule has 0 saturated heterocycles. The second kappa shape index (κ2) is 9.80. The molecule has 0 unspecified atom stereocenters. The van der Waals surface area contributed by atoms with Crippen LogP contribution in [0.15, 0.2) is 41.8 Å². The lowest BCUT2D eigenvalue weighted by Crippen LogP contribution is -2.13. The average molecular weight is 460 g/mol. The van der Waals surface area contributed by atoms with E-state index < -0.39 is 0 Å². The first-order chi connectivity index (χ1) is 14.8. The van der Waals surface area contributed by atoms with E-state index in [4.69, 9.17) is 21.1 Å².